The Kier molecular flexibility index (Phi) is 4.67. The van der Waals surface area contributed by atoms with Crippen LogP contribution in [-0.4, -0.2) is 17.1 Å². The molecule has 1 aromatic rings. The van der Waals surface area contributed by atoms with Gasteiger partial charge < -0.3 is 10.1 Å². The fraction of sp³-hybridized carbons (Fsp3) is 0.538. The molecule has 0 unspecified atom stereocenters. The first-order chi connectivity index (χ1) is 8.33. The highest BCUT2D eigenvalue weighted by atomic mass is 16.6. The topological polar surface area (TPSA) is 64.4 Å². The summed E-state index contributed by atoms with van der Waals surface area (Å²) < 4.78 is 5.61. The molecule has 0 saturated heterocycles. The van der Waals surface area contributed by atoms with Gasteiger partial charge >= 0.3 is 0 Å². The molecule has 0 spiro atoms. The first-order valence-electron chi connectivity index (χ1n) is 5.98. The van der Waals surface area contributed by atoms with Crippen molar-refractivity contribution in [3.63, 3.8) is 0 Å². The van der Waals surface area contributed by atoms with Crippen LogP contribution in [0.3, 0.4) is 0 Å². The van der Waals surface area contributed by atoms with Crippen molar-refractivity contribution in [1.82, 2.24) is 0 Å². The number of anilines is 1. The summed E-state index contributed by atoms with van der Waals surface area (Å²) in [6, 6.07) is 5.13. The molecule has 0 radical (unpaired) electrons. The fourth-order valence-electron chi connectivity index (χ4n) is 1.46. The third kappa shape index (κ3) is 4.33. The third-order valence-electron chi connectivity index (χ3n) is 2.30. The van der Waals surface area contributed by atoms with Crippen LogP contribution >= 0.6 is 0 Å². The van der Waals surface area contributed by atoms with E-state index in [1.807, 2.05) is 33.8 Å². The van der Waals surface area contributed by atoms with Crippen molar-refractivity contribution in [3.8, 4) is 0 Å². The second-order valence-electron chi connectivity index (χ2n) is 5.04. The molecule has 100 valence electrons. The molecular weight excluding hydrogens is 232 g/mol. The molecule has 0 aliphatic heterocycles. The summed E-state index contributed by atoms with van der Waals surface area (Å²) >= 11 is 0. The van der Waals surface area contributed by atoms with E-state index in [4.69, 9.17) is 4.74 Å². The molecular formula is C13H20N2O3. The summed E-state index contributed by atoms with van der Waals surface area (Å²) in [5.41, 5.74) is 1.18. The molecule has 0 bridgehead atoms. The molecule has 1 aromatic carbocycles. The average molecular weight is 252 g/mol. The van der Waals surface area contributed by atoms with Gasteiger partial charge in [-0.05, 0) is 39.3 Å². The molecule has 0 atom stereocenters. The van der Waals surface area contributed by atoms with E-state index in [9.17, 15) is 10.1 Å². The first-order valence-corrected chi connectivity index (χ1v) is 5.98. The summed E-state index contributed by atoms with van der Waals surface area (Å²) in [5.74, 6) is 0. The minimum Gasteiger partial charge on any atom is -0.380 e. The van der Waals surface area contributed by atoms with Crippen molar-refractivity contribution in [1.29, 1.82) is 0 Å². The zero-order valence-electron chi connectivity index (χ0n) is 11.3. The van der Waals surface area contributed by atoms with E-state index >= 15 is 0 Å². The molecule has 0 heterocycles. The van der Waals surface area contributed by atoms with Gasteiger partial charge in [-0.15, -0.1) is 0 Å². The van der Waals surface area contributed by atoms with Crippen molar-refractivity contribution < 1.29 is 9.66 Å². The Morgan fingerprint density at radius 3 is 2.56 bits per heavy atom. The van der Waals surface area contributed by atoms with Crippen molar-refractivity contribution in [2.45, 2.75) is 39.9 Å². The number of nitrogens with one attached hydrogen (secondary N) is 1. The third-order valence-corrected chi connectivity index (χ3v) is 2.30. The Morgan fingerprint density at radius 1 is 1.39 bits per heavy atom. The lowest BCUT2D eigenvalue weighted by atomic mass is 10.1. The average Bonchev–Trinajstić information content (AvgIpc) is 2.26. The van der Waals surface area contributed by atoms with Gasteiger partial charge in [0.05, 0.1) is 17.1 Å². The maximum Gasteiger partial charge on any atom is 0.292 e. The van der Waals surface area contributed by atoms with E-state index in [2.05, 4.69) is 5.32 Å². The maximum atomic E-state index is 11.0. The molecule has 0 aromatic heterocycles. The SMILES string of the molecule is CCNc1ccc(COC(C)(C)C)cc1[N+](=O)[O-]. The lowest BCUT2D eigenvalue weighted by Crippen LogP contribution is -2.18. The minimum atomic E-state index is -0.376. The summed E-state index contributed by atoms with van der Waals surface area (Å²) in [6.45, 7) is 8.78. The highest BCUT2D eigenvalue weighted by Gasteiger charge is 2.15. The van der Waals surface area contributed by atoms with Gasteiger partial charge in [0.15, 0.2) is 0 Å². The van der Waals surface area contributed by atoms with Crippen LogP contribution in [0.25, 0.3) is 0 Å². The number of nitrogens with zero attached hydrogens (tertiary/aromatic N) is 1. The molecule has 18 heavy (non-hydrogen) atoms. The van der Waals surface area contributed by atoms with E-state index in [0.717, 1.165) is 5.56 Å². The number of nitro benzene ring substituents is 1. The zero-order chi connectivity index (χ0) is 13.8. The Bertz CT molecular complexity index is 425. The van der Waals surface area contributed by atoms with Crippen LogP contribution in [0, 0.1) is 10.1 Å². The largest absolute Gasteiger partial charge is 0.380 e. The van der Waals surface area contributed by atoms with Gasteiger partial charge in [-0.1, -0.05) is 6.07 Å². The number of rotatable bonds is 5. The van der Waals surface area contributed by atoms with Gasteiger partial charge in [-0.3, -0.25) is 10.1 Å². The second kappa shape index (κ2) is 5.82. The van der Waals surface area contributed by atoms with Crippen molar-refractivity contribution in [2.24, 2.45) is 0 Å². The van der Waals surface area contributed by atoms with E-state index < -0.39 is 0 Å². The Hall–Kier alpha value is -1.62. The van der Waals surface area contributed by atoms with Crippen LogP contribution in [0.5, 0.6) is 0 Å². The quantitative estimate of drug-likeness (QED) is 0.644. The monoisotopic (exact) mass is 252 g/mol. The van der Waals surface area contributed by atoms with Crippen LogP contribution in [0.15, 0.2) is 18.2 Å². The van der Waals surface area contributed by atoms with Crippen LogP contribution < -0.4 is 5.32 Å². The minimum absolute atomic E-state index is 0.0897. The lowest BCUT2D eigenvalue weighted by molar-refractivity contribution is -0.384. The number of nitro groups is 1. The molecule has 5 heteroatoms. The predicted molar refractivity (Wildman–Crippen MR) is 71.8 cm³/mol. The number of benzene rings is 1. The van der Waals surface area contributed by atoms with Gasteiger partial charge in [0.2, 0.25) is 0 Å². The molecule has 1 rings (SSSR count). The first kappa shape index (κ1) is 14.4. The van der Waals surface area contributed by atoms with Crippen LogP contribution in [0.1, 0.15) is 33.3 Å². The van der Waals surface area contributed by atoms with E-state index in [-0.39, 0.29) is 16.2 Å². The van der Waals surface area contributed by atoms with Gasteiger partial charge in [0, 0.05) is 12.6 Å². The fourth-order valence-corrected chi connectivity index (χ4v) is 1.46. The second-order valence-corrected chi connectivity index (χ2v) is 5.04. The summed E-state index contributed by atoms with van der Waals surface area (Å²) in [6.07, 6.45) is 0. The molecule has 0 aliphatic rings. The normalized spacial score (nSPS) is 11.3. The Labute approximate surface area is 107 Å². The number of hydrogen-bond acceptors (Lipinski definition) is 4. The van der Waals surface area contributed by atoms with Gasteiger partial charge in [-0.2, -0.15) is 0 Å². The Morgan fingerprint density at radius 2 is 2.06 bits per heavy atom. The van der Waals surface area contributed by atoms with Gasteiger partial charge in [-0.25, -0.2) is 0 Å². The molecule has 0 aliphatic carbocycles. The summed E-state index contributed by atoms with van der Waals surface area (Å²) in [5, 5.41) is 13.9. The maximum absolute atomic E-state index is 11.0. The van der Waals surface area contributed by atoms with Crippen molar-refractivity contribution in [3.05, 3.63) is 33.9 Å². The van der Waals surface area contributed by atoms with Crippen LogP contribution in [-0.2, 0) is 11.3 Å². The number of ether oxygens (including phenoxy) is 1. The van der Waals surface area contributed by atoms with Crippen LogP contribution in [0.2, 0.25) is 0 Å². The number of hydrogen-bond donors (Lipinski definition) is 1. The van der Waals surface area contributed by atoms with E-state index in [1.165, 1.54) is 0 Å². The highest BCUT2D eigenvalue weighted by Crippen LogP contribution is 2.26. The van der Waals surface area contributed by atoms with Gasteiger partial charge in [0.1, 0.15) is 5.69 Å². The predicted octanol–water partition coefficient (Wildman–Crippen LogP) is 3.34. The molecule has 1 N–H and O–H groups in total. The smallest absolute Gasteiger partial charge is 0.292 e. The van der Waals surface area contributed by atoms with Crippen molar-refractivity contribution in [2.75, 3.05) is 11.9 Å². The lowest BCUT2D eigenvalue weighted by Gasteiger charge is -2.19. The van der Waals surface area contributed by atoms with E-state index in [0.29, 0.717) is 18.8 Å². The van der Waals surface area contributed by atoms with E-state index in [1.54, 1.807) is 12.1 Å². The summed E-state index contributed by atoms with van der Waals surface area (Å²) in [7, 11) is 0. The standard InChI is InChI=1S/C13H20N2O3/c1-5-14-11-7-6-10(8-12(11)15(16)17)9-18-13(2,3)4/h6-8,14H,5,9H2,1-4H3. The molecule has 0 amide bonds. The van der Waals surface area contributed by atoms with Crippen molar-refractivity contribution >= 4 is 11.4 Å². The Balaban J connectivity index is 2.89. The van der Waals surface area contributed by atoms with Gasteiger partial charge in [0.25, 0.3) is 5.69 Å². The zero-order valence-corrected chi connectivity index (χ0v) is 11.3. The molecule has 0 saturated carbocycles. The summed E-state index contributed by atoms with van der Waals surface area (Å²) in [4.78, 5) is 10.6. The molecule has 5 nitrogen and oxygen atoms in total. The van der Waals surface area contributed by atoms with Crippen LogP contribution in [0.4, 0.5) is 11.4 Å². The highest BCUT2D eigenvalue weighted by molar-refractivity contribution is 5.62. The molecule has 0 fully saturated rings.